The molecule has 0 spiro atoms. The van der Waals surface area contributed by atoms with E-state index in [-0.39, 0.29) is 19.2 Å². The number of carbonyl (C=O) groups is 1. The third kappa shape index (κ3) is 4.59. The highest BCUT2D eigenvalue weighted by atomic mass is 127. The molecule has 0 radical (unpaired) electrons. The molecule has 0 unspecified atom stereocenters. The summed E-state index contributed by atoms with van der Waals surface area (Å²) in [5.74, 6) is 1.45. The largest absolute Gasteiger partial charge is 0.454 e. The molecule has 1 heterocycles. The summed E-state index contributed by atoms with van der Waals surface area (Å²) in [5.41, 5.74) is 2.15. The number of fused-ring (bicyclic) bond motifs is 1. The first-order valence-electron chi connectivity index (χ1n) is 7.31. The summed E-state index contributed by atoms with van der Waals surface area (Å²) in [7, 11) is 0. The molecule has 1 aliphatic heterocycles. The molecule has 120 valence electrons. The van der Waals surface area contributed by atoms with Gasteiger partial charge in [-0.15, -0.1) is 0 Å². The first-order chi connectivity index (χ1) is 11.2. The van der Waals surface area contributed by atoms with E-state index in [4.69, 9.17) is 9.47 Å². The van der Waals surface area contributed by atoms with Crippen molar-refractivity contribution in [2.45, 2.75) is 13.1 Å². The molecule has 1 aliphatic rings. The number of benzene rings is 2. The molecule has 0 saturated carbocycles. The number of nitrogens with one attached hydrogen (secondary N) is 2. The fourth-order valence-corrected chi connectivity index (χ4v) is 2.60. The summed E-state index contributed by atoms with van der Waals surface area (Å²) < 4.78 is 11.8. The Hall–Kier alpha value is -1.80. The Labute approximate surface area is 148 Å². The minimum atomic E-state index is -0.0341. The molecule has 0 atom stereocenters. The summed E-state index contributed by atoms with van der Waals surface area (Å²) in [6.07, 6.45) is 0. The fourth-order valence-electron chi connectivity index (χ4n) is 2.24. The Morgan fingerprint density at radius 2 is 1.74 bits per heavy atom. The van der Waals surface area contributed by atoms with Gasteiger partial charge in [0.1, 0.15) is 0 Å². The first-order valence-corrected chi connectivity index (χ1v) is 8.39. The van der Waals surface area contributed by atoms with Crippen molar-refractivity contribution in [3.63, 3.8) is 0 Å². The smallest absolute Gasteiger partial charge is 0.234 e. The van der Waals surface area contributed by atoms with Crippen LogP contribution in [0.3, 0.4) is 0 Å². The Bertz CT molecular complexity index is 689. The predicted octanol–water partition coefficient (Wildman–Crippen LogP) is 2.43. The lowest BCUT2D eigenvalue weighted by Crippen LogP contribution is -2.33. The SMILES string of the molecule is O=C(CNCc1ccc(I)cc1)NCc1ccc2c(c1)OCO2. The molecule has 0 aliphatic carbocycles. The van der Waals surface area contributed by atoms with Crippen LogP contribution in [-0.2, 0) is 17.9 Å². The Balaban J connectivity index is 1.40. The summed E-state index contributed by atoms with van der Waals surface area (Å²) in [6.45, 7) is 1.69. The Morgan fingerprint density at radius 1 is 1.00 bits per heavy atom. The first kappa shape index (κ1) is 16.1. The van der Waals surface area contributed by atoms with Gasteiger partial charge in [-0.2, -0.15) is 0 Å². The summed E-state index contributed by atoms with van der Waals surface area (Å²) in [5, 5.41) is 6.03. The van der Waals surface area contributed by atoms with Gasteiger partial charge in [-0.3, -0.25) is 4.79 Å². The van der Waals surface area contributed by atoms with Crippen molar-refractivity contribution in [3.05, 3.63) is 57.2 Å². The van der Waals surface area contributed by atoms with E-state index in [0.717, 1.165) is 22.6 Å². The third-order valence-electron chi connectivity index (χ3n) is 3.45. The van der Waals surface area contributed by atoms with Crippen molar-refractivity contribution in [3.8, 4) is 11.5 Å². The second-order valence-corrected chi connectivity index (χ2v) is 6.44. The molecule has 0 aromatic heterocycles. The van der Waals surface area contributed by atoms with E-state index < -0.39 is 0 Å². The summed E-state index contributed by atoms with van der Waals surface area (Å²) in [6, 6.07) is 13.9. The maximum atomic E-state index is 11.9. The zero-order chi connectivity index (χ0) is 16.1. The van der Waals surface area contributed by atoms with Gasteiger partial charge >= 0.3 is 0 Å². The molecule has 1 amide bonds. The van der Waals surface area contributed by atoms with Crippen LogP contribution in [0, 0.1) is 3.57 Å². The van der Waals surface area contributed by atoms with Gasteiger partial charge in [-0.25, -0.2) is 0 Å². The number of amides is 1. The molecule has 2 aromatic rings. The summed E-state index contributed by atoms with van der Waals surface area (Å²) in [4.78, 5) is 11.9. The molecule has 2 aromatic carbocycles. The van der Waals surface area contributed by atoms with Crippen molar-refractivity contribution in [1.82, 2.24) is 10.6 Å². The molecule has 0 bridgehead atoms. The van der Waals surface area contributed by atoms with Crippen LogP contribution in [-0.4, -0.2) is 19.2 Å². The van der Waals surface area contributed by atoms with E-state index in [1.807, 2.05) is 18.2 Å². The zero-order valence-electron chi connectivity index (χ0n) is 12.5. The van der Waals surface area contributed by atoms with E-state index in [1.165, 1.54) is 3.57 Å². The maximum Gasteiger partial charge on any atom is 0.234 e. The minimum absolute atomic E-state index is 0.0341. The van der Waals surface area contributed by atoms with Crippen molar-refractivity contribution in [1.29, 1.82) is 0 Å². The molecular formula is C17H17IN2O3. The molecule has 5 nitrogen and oxygen atoms in total. The zero-order valence-corrected chi connectivity index (χ0v) is 14.6. The highest BCUT2D eigenvalue weighted by molar-refractivity contribution is 14.1. The van der Waals surface area contributed by atoms with Crippen LogP contribution in [0.2, 0.25) is 0 Å². The van der Waals surface area contributed by atoms with Crippen molar-refractivity contribution < 1.29 is 14.3 Å². The second kappa shape index (κ2) is 7.65. The molecule has 6 heteroatoms. The maximum absolute atomic E-state index is 11.9. The third-order valence-corrected chi connectivity index (χ3v) is 4.17. The molecular weight excluding hydrogens is 407 g/mol. The van der Waals surface area contributed by atoms with E-state index >= 15 is 0 Å². The van der Waals surface area contributed by atoms with Gasteiger partial charge in [-0.05, 0) is 58.0 Å². The lowest BCUT2D eigenvalue weighted by Gasteiger charge is -2.08. The molecule has 3 rings (SSSR count). The van der Waals surface area contributed by atoms with Crippen LogP contribution >= 0.6 is 22.6 Å². The molecule has 0 fully saturated rings. The van der Waals surface area contributed by atoms with E-state index in [1.54, 1.807) is 0 Å². The van der Waals surface area contributed by atoms with Gasteiger partial charge in [0.05, 0.1) is 6.54 Å². The van der Waals surface area contributed by atoms with E-state index in [9.17, 15) is 4.79 Å². The molecule has 23 heavy (non-hydrogen) atoms. The number of ether oxygens (including phenoxy) is 2. The molecule has 2 N–H and O–H groups in total. The number of halogens is 1. The Morgan fingerprint density at radius 3 is 2.57 bits per heavy atom. The highest BCUT2D eigenvalue weighted by Crippen LogP contribution is 2.32. The summed E-state index contributed by atoms with van der Waals surface area (Å²) >= 11 is 2.27. The number of hydrogen-bond donors (Lipinski definition) is 2. The van der Waals surface area contributed by atoms with Gasteiger partial charge in [0, 0.05) is 16.7 Å². The fraction of sp³-hybridized carbons (Fsp3) is 0.235. The van der Waals surface area contributed by atoms with Crippen LogP contribution in [0.4, 0.5) is 0 Å². The highest BCUT2D eigenvalue weighted by Gasteiger charge is 2.13. The van der Waals surface area contributed by atoms with Crippen LogP contribution < -0.4 is 20.1 Å². The lowest BCUT2D eigenvalue weighted by molar-refractivity contribution is -0.120. The predicted molar refractivity (Wildman–Crippen MR) is 95.3 cm³/mol. The van der Waals surface area contributed by atoms with Gasteiger partial charge in [0.15, 0.2) is 11.5 Å². The number of carbonyl (C=O) groups excluding carboxylic acids is 1. The van der Waals surface area contributed by atoms with Crippen molar-refractivity contribution >= 4 is 28.5 Å². The second-order valence-electron chi connectivity index (χ2n) is 5.19. The van der Waals surface area contributed by atoms with Crippen LogP contribution in [0.5, 0.6) is 11.5 Å². The normalized spacial score (nSPS) is 12.2. The van der Waals surface area contributed by atoms with Crippen molar-refractivity contribution in [2.75, 3.05) is 13.3 Å². The lowest BCUT2D eigenvalue weighted by atomic mass is 10.2. The van der Waals surface area contributed by atoms with Crippen molar-refractivity contribution in [2.24, 2.45) is 0 Å². The quantitative estimate of drug-likeness (QED) is 0.700. The van der Waals surface area contributed by atoms with Crippen LogP contribution in [0.15, 0.2) is 42.5 Å². The number of hydrogen-bond acceptors (Lipinski definition) is 4. The Kier molecular flexibility index (Phi) is 5.35. The van der Waals surface area contributed by atoms with Gasteiger partial charge in [0.25, 0.3) is 0 Å². The number of rotatable bonds is 6. The average Bonchev–Trinajstić information content (AvgIpc) is 3.02. The van der Waals surface area contributed by atoms with Gasteiger partial charge < -0.3 is 20.1 Å². The molecule has 0 saturated heterocycles. The van der Waals surface area contributed by atoms with E-state index in [2.05, 4.69) is 57.5 Å². The standard InChI is InChI=1S/C17H17IN2O3/c18-14-4-1-12(2-5-14)8-19-10-17(21)20-9-13-3-6-15-16(7-13)23-11-22-15/h1-7,19H,8-11H2,(H,20,21). The van der Waals surface area contributed by atoms with Gasteiger partial charge in [-0.1, -0.05) is 18.2 Å². The topological polar surface area (TPSA) is 59.6 Å². The van der Waals surface area contributed by atoms with Gasteiger partial charge in [0.2, 0.25) is 12.7 Å². The van der Waals surface area contributed by atoms with Crippen LogP contribution in [0.1, 0.15) is 11.1 Å². The van der Waals surface area contributed by atoms with Crippen LogP contribution in [0.25, 0.3) is 0 Å². The average molecular weight is 424 g/mol. The van der Waals surface area contributed by atoms with E-state index in [0.29, 0.717) is 13.1 Å². The minimum Gasteiger partial charge on any atom is -0.454 e. The monoisotopic (exact) mass is 424 g/mol.